The third-order valence-corrected chi connectivity index (χ3v) is 8.64. The van der Waals surface area contributed by atoms with Crippen molar-refractivity contribution in [3.05, 3.63) is 41.7 Å². The van der Waals surface area contributed by atoms with Gasteiger partial charge in [-0.05, 0) is 69.2 Å². The number of carbonyl (C=O) groups excluding carboxylic acids is 1. The highest BCUT2D eigenvalue weighted by Crippen LogP contribution is 2.38. The maximum absolute atomic E-state index is 14.5. The Labute approximate surface area is 231 Å². The predicted octanol–water partition coefficient (Wildman–Crippen LogP) is 3.95. The number of amides is 1. The summed E-state index contributed by atoms with van der Waals surface area (Å²) in [5.41, 5.74) is 6.74. The number of nitrogens with two attached hydrogens (primary N) is 1. The van der Waals surface area contributed by atoms with Crippen LogP contribution in [0.25, 0.3) is 11.3 Å². The molecule has 0 unspecified atom stereocenters. The summed E-state index contributed by atoms with van der Waals surface area (Å²) in [6.07, 6.45) is 2.24. The second-order valence-corrected chi connectivity index (χ2v) is 13.5. The van der Waals surface area contributed by atoms with Gasteiger partial charge in [0.1, 0.15) is 17.4 Å². The average Bonchev–Trinajstić information content (AvgIpc) is 3.13. The van der Waals surface area contributed by atoms with Crippen LogP contribution in [0.5, 0.6) is 5.75 Å². The molecule has 0 bridgehead atoms. The zero-order valence-corrected chi connectivity index (χ0v) is 24.2. The molecule has 2 aromatic rings. The third-order valence-electron chi connectivity index (χ3n) is 7.18. The molecular formula is C28H40FN5O4S. The molecule has 1 aromatic heterocycles. The number of halogens is 1. The summed E-state index contributed by atoms with van der Waals surface area (Å²) >= 11 is 0. The lowest BCUT2D eigenvalue weighted by Gasteiger charge is -2.34. The highest BCUT2D eigenvalue weighted by molar-refractivity contribution is 7.87. The van der Waals surface area contributed by atoms with E-state index in [1.165, 1.54) is 16.4 Å². The van der Waals surface area contributed by atoms with Gasteiger partial charge in [0, 0.05) is 42.8 Å². The van der Waals surface area contributed by atoms with Crippen LogP contribution in [-0.4, -0.2) is 61.4 Å². The SMILES string of the molecule is CC(C)COc1cc(F)cc(-c2ccc(C(=O)NS(=O)(=O)N3CCC[C@@H](N)C3)c(N3C[C@@H](C)CC3(C)C)n2)c1. The van der Waals surface area contributed by atoms with E-state index in [1.54, 1.807) is 18.2 Å². The number of anilines is 1. The van der Waals surface area contributed by atoms with Crippen LogP contribution < -0.4 is 20.1 Å². The lowest BCUT2D eigenvalue weighted by Crippen LogP contribution is -2.51. The highest BCUT2D eigenvalue weighted by Gasteiger charge is 2.39. The molecule has 0 spiro atoms. The minimum atomic E-state index is -4.09. The molecular weight excluding hydrogens is 521 g/mol. The molecule has 3 N–H and O–H groups in total. The summed E-state index contributed by atoms with van der Waals surface area (Å²) in [4.78, 5) is 20.3. The van der Waals surface area contributed by atoms with Crippen LogP contribution in [0.1, 0.15) is 64.2 Å². The first-order valence-corrected chi connectivity index (χ1v) is 15.0. The fraction of sp³-hybridized carbons (Fsp3) is 0.571. The van der Waals surface area contributed by atoms with Gasteiger partial charge < -0.3 is 15.4 Å². The Hall–Kier alpha value is -2.76. The Morgan fingerprint density at radius 2 is 2.00 bits per heavy atom. The van der Waals surface area contributed by atoms with Gasteiger partial charge in [-0.2, -0.15) is 12.7 Å². The van der Waals surface area contributed by atoms with Crippen LogP contribution in [-0.2, 0) is 10.2 Å². The smallest absolute Gasteiger partial charge is 0.304 e. The van der Waals surface area contributed by atoms with Crippen LogP contribution in [0, 0.1) is 17.7 Å². The van der Waals surface area contributed by atoms with Crippen molar-refractivity contribution in [1.29, 1.82) is 0 Å². The largest absolute Gasteiger partial charge is 0.493 e. The number of ether oxygens (including phenoxy) is 1. The fourth-order valence-corrected chi connectivity index (χ4v) is 6.67. The Balaban J connectivity index is 1.72. The van der Waals surface area contributed by atoms with E-state index in [9.17, 15) is 17.6 Å². The lowest BCUT2D eigenvalue weighted by atomic mass is 9.97. The molecule has 11 heteroatoms. The zero-order chi connectivity index (χ0) is 28.5. The number of rotatable bonds is 8. The Morgan fingerprint density at radius 1 is 1.26 bits per heavy atom. The van der Waals surface area contributed by atoms with Gasteiger partial charge in [-0.15, -0.1) is 0 Å². The molecule has 3 heterocycles. The first-order valence-electron chi connectivity index (χ1n) is 13.6. The Morgan fingerprint density at radius 3 is 2.64 bits per heavy atom. The van der Waals surface area contributed by atoms with Gasteiger partial charge in [-0.3, -0.25) is 4.79 Å². The Kier molecular flexibility index (Phi) is 8.53. The maximum atomic E-state index is 14.5. The number of hydrogen-bond donors (Lipinski definition) is 2. The normalized spacial score (nSPS) is 21.8. The maximum Gasteiger partial charge on any atom is 0.304 e. The lowest BCUT2D eigenvalue weighted by molar-refractivity contribution is 0.0978. The van der Waals surface area contributed by atoms with E-state index in [2.05, 4.69) is 25.5 Å². The average molecular weight is 562 g/mol. The van der Waals surface area contributed by atoms with Crippen molar-refractivity contribution in [2.75, 3.05) is 31.1 Å². The number of carbonyl (C=O) groups is 1. The number of pyridine rings is 1. The van der Waals surface area contributed by atoms with E-state index in [0.29, 0.717) is 54.9 Å². The van der Waals surface area contributed by atoms with Gasteiger partial charge in [-0.25, -0.2) is 14.1 Å². The van der Waals surface area contributed by atoms with E-state index in [0.717, 1.165) is 12.8 Å². The van der Waals surface area contributed by atoms with Gasteiger partial charge in [0.25, 0.3) is 5.91 Å². The van der Waals surface area contributed by atoms with Gasteiger partial charge in [0.05, 0.1) is 17.9 Å². The minimum absolute atomic E-state index is 0.137. The van der Waals surface area contributed by atoms with Crippen molar-refractivity contribution in [2.24, 2.45) is 17.6 Å². The van der Waals surface area contributed by atoms with Crippen molar-refractivity contribution >= 4 is 21.9 Å². The third kappa shape index (κ3) is 6.88. The summed E-state index contributed by atoms with van der Waals surface area (Å²) in [5.74, 6) is 0.139. The number of benzene rings is 1. The molecule has 2 fully saturated rings. The molecule has 2 aliphatic heterocycles. The Bertz CT molecular complexity index is 1320. The van der Waals surface area contributed by atoms with Crippen molar-refractivity contribution < 1.29 is 22.3 Å². The van der Waals surface area contributed by atoms with Crippen molar-refractivity contribution in [3.8, 4) is 17.0 Å². The van der Waals surface area contributed by atoms with E-state index < -0.39 is 21.9 Å². The first-order chi connectivity index (χ1) is 18.2. The van der Waals surface area contributed by atoms with Gasteiger partial charge >= 0.3 is 10.2 Å². The second kappa shape index (κ2) is 11.4. The van der Waals surface area contributed by atoms with E-state index in [-0.39, 0.29) is 29.6 Å². The number of hydrogen-bond acceptors (Lipinski definition) is 7. The van der Waals surface area contributed by atoms with Crippen molar-refractivity contribution in [2.45, 2.75) is 65.5 Å². The number of nitrogens with zero attached hydrogens (tertiary/aromatic N) is 3. The van der Waals surface area contributed by atoms with Gasteiger partial charge in [0.2, 0.25) is 0 Å². The molecule has 2 aliphatic rings. The predicted molar refractivity (Wildman–Crippen MR) is 150 cm³/mol. The minimum Gasteiger partial charge on any atom is -0.493 e. The van der Waals surface area contributed by atoms with Gasteiger partial charge in [-0.1, -0.05) is 20.8 Å². The molecule has 0 saturated carbocycles. The second-order valence-electron chi connectivity index (χ2n) is 11.9. The number of aromatic nitrogens is 1. The highest BCUT2D eigenvalue weighted by atomic mass is 32.2. The van der Waals surface area contributed by atoms with Gasteiger partial charge in [0.15, 0.2) is 0 Å². The molecule has 214 valence electrons. The zero-order valence-electron chi connectivity index (χ0n) is 23.4. The standard InChI is InChI=1S/C28H40FN5O4S/c1-18(2)17-38-23-12-20(11-21(29)13-23)25-9-8-24(26(31-25)34-15-19(3)14-28(34,4)5)27(35)32-39(36,37)33-10-6-7-22(30)16-33/h8-9,11-13,18-19,22H,6-7,10,14-17,30H2,1-5H3,(H,32,35)/t19-,22+/m0/s1. The van der Waals surface area contributed by atoms with E-state index in [4.69, 9.17) is 15.5 Å². The molecule has 2 saturated heterocycles. The number of nitrogens with one attached hydrogen (secondary N) is 1. The summed E-state index contributed by atoms with van der Waals surface area (Å²) in [5, 5.41) is 0. The topological polar surface area (TPSA) is 118 Å². The quantitative estimate of drug-likeness (QED) is 0.501. The van der Waals surface area contributed by atoms with E-state index >= 15 is 0 Å². The van der Waals surface area contributed by atoms with Crippen LogP contribution in [0.3, 0.4) is 0 Å². The summed E-state index contributed by atoms with van der Waals surface area (Å²) in [6, 6.07) is 7.32. The molecule has 39 heavy (non-hydrogen) atoms. The number of piperidine rings is 1. The summed E-state index contributed by atoms with van der Waals surface area (Å²) in [6.45, 7) is 11.8. The molecule has 0 radical (unpaired) electrons. The fourth-order valence-electron chi connectivity index (χ4n) is 5.44. The molecule has 2 atom stereocenters. The van der Waals surface area contributed by atoms with Crippen molar-refractivity contribution in [3.63, 3.8) is 0 Å². The first kappa shape index (κ1) is 29.2. The van der Waals surface area contributed by atoms with E-state index in [1.807, 2.05) is 18.7 Å². The summed E-state index contributed by atoms with van der Waals surface area (Å²) < 4.78 is 49.8. The summed E-state index contributed by atoms with van der Waals surface area (Å²) in [7, 11) is -4.09. The van der Waals surface area contributed by atoms with Crippen LogP contribution in [0.15, 0.2) is 30.3 Å². The molecule has 0 aliphatic carbocycles. The monoisotopic (exact) mass is 561 g/mol. The molecule has 1 amide bonds. The molecule has 4 rings (SSSR count). The van der Waals surface area contributed by atoms with Crippen LogP contribution in [0.2, 0.25) is 0 Å². The van der Waals surface area contributed by atoms with Crippen LogP contribution in [0.4, 0.5) is 10.2 Å². The molecule has 9 nitrogen and oxygen atoms in total. The van der Waals surface area contributed by atoms with Crippen LogP contribution >= 0.6 is 0 Å². The molecule has 1 aromatic carbocycles. The van der Waals surface area contributed by atoms with Crippen molar-refractivity contribution in [1.82, 2.24) is 14.0 Å².